The molecule has 0 aromatic rings. The minimum atomic E-state index is 0.246. The van der Waals surface area contributed by atoms with Gasteiger partial charge in [0.05, 0.1) is 0 Å². The van der Waals surface area contributed by atoms with E-state index in [-0.39, 0.29) is 5.54 Å². The zero-order valence-corrected chi connectivity index (χ0v) is 9.69. The summed E-state index contributed by atoms with van der Waals surface area (Å²) in [5, 5.41) is 7.40. The molecule has 0 saturated carbocycles. The maximum Gasteiger partial charge on any atom is 0.0439 e. The van der Waals surface area contributed by atoms with Gasteiger partial charge in [0.15, 0.2) is 0 Å². The lowest BCUT2D eigenvalue weighted by molar-refractivity contribution is 0.0849. The van der Waals surface area contributed by atoms with Gasteiger partial charge >= 0.3 is 0 Å². The Morgan fingerprint density at radius 2 is 2.00 bits per heavy atom. The van der Waals surface area contributed by atoms with Crippen LogP contribution in [0.5, 0.6) is 0 Å². The summed E-state index contributed by atoms with van der Waals surface area (Å²) in [5.41, 5.74) is 0.575. The van der Waals surface area contributed by atoms with Crippen LogP contribution >= 0.6 is 0 Å². The topological polar surface area (TPSA) is 27.3 Å². The number of likely N-dealkylation sites (N-methyl/N-ethyl adjacent to an activating group) is 1. The third kappa shape index (κ3) is 2.10. The van der Waals surface area contributed by atoms with Crippen LogP contribution in [0, 0.1) is 0 Å². The van der Waals surface area contributed by atoms with Crippen molar-refractivity contribution in [3.05, 3.63) is 0 Å². The zero-order valence-electron chi connectivity index (χ0n) is 9.69. The van der Waals surface area contributed by atoms with Crippen LogP contribution < -0.4 is 10.6 Å². The molecule has 2 saturated heterocycles. The van der Waals surface area contributed by atoms with E-state index in [9.17, 15) is 0 Å². The molecule has 14 heavy (non-hydrogen) atoms. The highest BCUT2D eigenvalue weighted by molar-refractivity contribution is 5.04. The van der Waals surface area contributed by atoms with Gasteiger partial charge in [-0.05, 0) is 40.3 Å². The van der Waals surface area contributed by atoms with Crippen molar-refractivity contribution in [3.63, 3.8) is 0 Å². The SMILES string of the molecule is CN1CCCC2(CNCC(C)(C)N2)C1. The first kappa shape index (κ1) is 10.4. The molecule has 2 fully saturated rings. The average molecular weight is 197 g/mol. The Bertz CT molecular complexity index is 211. The normalized spacial score (nSPS) is 38.8. The Labute approximate surface area is 87.2 Å². The maximum atomic E-state index is 3.83. The predicted molar refractivity (Wildman–Crippen MR) is 59.5 cm³/mol. The van der Waals surface area contributed by atoms with Gasteiger partial charge in [0.2, 0.25) is 0 Å². The first-order valence-electron chi connectivity index (χ1n) is 5.70. The van der Waals surface area contributed by atoms with Crippen LogP contribution in [0.2, 0.25) is 0 Å². The Kier molecular flexibility index (Phi) is 2.58. The minimum absolute atomic E-state index is 0.246. The van der Waals surface area contributed by atoms with Crippen molar-refractivity contribution >= 4 is 0 Å². The molecule has 82 valence electrons. The fourth-order valence-electron chi connectivity index (χ4n) is 3.03. The molecule has 0 aromatic carbocycles. The third-order valence-corrected chi connectivity index (χ3v) is 3.40. The summed E-state index contributed by atoms with van der Waals surface area (Å²) >= 11 is 0. The number of rotatable bonds is 0. The van der Waals surface area contributed by atoms with Crippen molar-refractivity contribution in [1.82, 2.24) is 15.5 Å². The lowest BCUT2D eigenvalue weighted by Gasteiger charge is -2.51. The summed E-state index contributed by atoms with van der Waals surface area (Å²) < 4.78 is 0. The molecule has 0 aromatic heterocycles. The number of piperidine rings is 1. The largest absolute Gasteiger partial charge is 0.313 e. The predicted octanol–water partition coefficient (Wildman–Crippen LogP) is 0.422. The molecule has 3 nitrogen and oxygen atoms in total. The molecular formula is C11H23N3. The van der Waals surface area contributed by atoms with Crippen LogP contribution in [0.15, 0.2) is 0 Å². The molecule has 2 aliphatic heterocycles. The Hall–Kier alpha value is -0.120. The standard InChI is InChI=1S/C11H23N3/c1-10(2)7-12-8-11(13-10)5-4-6-14(3)9-11/h12-13H,4-9H2,1-3H3. The van der Waals surface area contributed by atoms with Crippen LogP contribution in [0.25, 0.3) is 0 Å². The van der Waals surface area contributed by atoms with Gasteiger partial charge in [0, 0.05) is 30.7 Å². The number of nitrogens with one attached hydrogen (secondary N) is 2. The van der Waals surface area contributed by atoms with Crippen LogP contribution in [0.1, 0.15) is 26.7 Å². The molecule has 1 atom stereocenters. The van der Waals surface area contributed by atoms with E-state index in [4.69, 9.17) is 0 Å². The molecule has 0 aliphatic carbocycles. The summed E-state index contributed by atoms with van der Waals surface area (Å²) in [6.45, 7) is 9.22. The van der Waals surface area contributed by atoms with Gasteiger partial charge in [-0.2, -0.15) is 0 Å². The van der Waals surface area contributed by atoms with Gasteiger partial charge in [0.25, 0.3) is 0 Å². The highest BCUT2D eigenvalue weighted by Gasteiger charge is 2.41. The van der Waals surface area contributed by atoms with E-state index in [1.54, 1.807) is 0 Å². The summed E-state index contributed by atoms with van der Waals surface area (Å²) in [4.78, 5) is 2.44. The quantitative estimate of drug-likeness (QED) is 0.589. The second kappa shape index (κ2) is 3.47. The van der Waals surface area contributed by atoms with Crippen molar-refractivity contribution < 1.29 is 0 Å². The first-order chi connectivity index (χ1) is 6.52. The van der Waals surface area contributed by atoms with E-state index in [1.165, 1.54) is 25.9 Å². The summed E-state index contributed by atoms with van der Waals surface area (Å²) in [6.07, 6.45) is 2.63. The summed E-state index contributed by atoms with van der Waals surface area (Å²) in [6, 6.07) is 0. The molecule has 0 radical (unpaired) electrons. The molecular weight excluding hydrogens is 174 g/mol. The molecule has 2 aliphatic rings. The monoisotopic (exact) mass is 197 g/mol. The second-order valence-corrected chi connectivity index (χ2v) is 5.73. The smallest absolute Gasteiger partial charge is 0.0439 e. The van der Waals surface area contributed by atoms with Crippen LogP contribution in [-0.2, 0) is 0 Å². The van der Waals surface area contributed by atoms with Crippen LogP contribution in [0.3, 0.4) is 0 Å². The fraction of sp³-hybridized carbons (Fsp3) is 1.00. The lowest BCUT2D eigenvalue weighted by Crippen LogP contribution is -2.72. The van der Waals surface area contributed by atoms with E-state index in [1.807, 2.05) is 0 Å². The van der Waals surface area contributed by atoms with Gasteiger partial charge in [-0.3, -0.25) is 0 Å². The number of hydrogen-bond donors (Lipinski definition) is 2. The maximum absolute atomic E-state index is 3.83. The number of piperazine rings is 1. The zero-order chi connectivity index (χ0) is 10.2. The van der Waals surface area contributed by atoms with Gasteiger partial charge in [-0.25, -0.2) is 0 Å². The van der Waals surface area contributed by atoms with E-state index >= 15 is 0 Å². The average Bonchev–Trinajstić information content (AvgIpc) is 2.00. The molecule has 2 rings (SSSR count). The fourth-order valence-corrected chi connectivity index (χ4v) is 3.03. The van der Waals surface area contributed by atoms with Crippen molar-refractivity contribution in [2.45, 2.75) is 37.8 Å². The molecule has 0 amide bonds. The number of likely N-dealkylation sites (tertiary alicyclic amines) is 1. The molecule has 1 spiro atoms. The van der Waals surface area contributed by atoms with Gasteiger partial charge in [-0.15, -0.1) is 0 Å². The van der Waals surface area contributed by atoms with Crippen molar-refractivity contribution in [3.8, 4) is 0 Å². The third-order valence-electron chi connectivity index (χ3n) is 3.40. The Morgan fingerprint density at radius 3 is 2.64 bits per heavy atom. The first-order valence-corrected chi connectivity index (χ1v) is 5.70. The van der Waals surface area contributed by atoms with Gasteiger partial charge in [-0.1, -0.05) is 0 Å². The van der Waals surface area contributed by atoms with E-state index < -0.39 is 0 Å². The molecule has 1 unspecified atom stereocenters. The highest BCUT2D eigenvalue weighted by Crippen LogP contribution is 2.25. The summed E-state index contributed by atoms with van der Waals surface area (Å²) in [5.74, 6) is 0. The second-order valence-electron chi connectivity index (χ2n) is 5.73. The van der Waals surface area contributed by atoms with E-state index in [0.717, 1.165) is 13.1 Å². The number of hydrogen-bond acceptors (Lipinski definition) is 3. The van der Waals surface area contributed by atoms with Crippen LogP contribution in [0.4, 0.5) is 0 Å². The Balaban J connectivity index is 2.06. The summed E-state index contributed by atoms with van der Waals surface area (Å²) in [7, 11) is 2.23. The van der Waals surface area contributed by atoms with Crippen LogP contribution in [-0.4, -0.2) is 49.2 Å². The highest BCUT2D eigenvalue weighted by atomic mass is 15.2. The Morgan fingerprint density at radius 1 is 1.21 bits per heavy atom. The molecule has 2 N–H and O–H groups in total. The lowest BCUT2D eigenvalue weighted by atomic mass is 9.83. The van der Waals surface area contributed by atoms with Gasteiger partial charge in [0.1, 0.15) is 0 Å². The minimum Gasteiger partial charge on any atom is -0.313 e. The van der Waals surface area contributed by atoms with Crippen molar-refractivity contribution in [2.24, 2.45) is 0 Å². The van der Waals surface area contributed by atoms with Crippen molar-refractivity contribution in [2.75, 3.05) is 33.2 Å². The van der Waals surface area contributed by atoms with Gasteiger partial charge < -0.3 is 15.5 Å². The molecule has 2 heterocycles. The van der Waals surface area contributed by atoms with E-state index in [0.29, 0.717) is 5.54 Å². The number of nitrogens with zero attached hydrogens (tertiary/aromatic N) is 1. The van der Waals surface area contributed by atoms with Crippen molar-refractivity contribution in [1.29, 1.82) is 0 Å². The van der Waals surface area contributed by atoms with E-state index in [2.05, 4.69) is 36.4 Å². The molecule has 0 bridgehead atoms. The molecule has 3 heteroatoms.